The number of fused-ring (bicyclic) bond motifs is 1. The molecule has 104 valence electrons. The molecule has 1 N–H and O–H groups in total. The van der Waals surface area contributed by atoms with Crippen molar-refractivity contribution in [1.29, 1.82) is 0 Å². The van der Waals surface area contributed by atoms with Crippen LogP contribution in [-0.4, -0.2) is 9.38 Å². The van der Waals surface area contributed by atoms with Crippen molar-refractivity contribution in [3.05, 3.63) is 51.0 Å². The minimum absolute atomic E-state index is 0.265. The molecule has 3 aromatic rings. The Labute approximate surface area is 128 Å². The Morgan fingerprint density at radius 2 is 2.20 bits per heavy atom. The minimum atomic E-state index is -0.265. The van der Waals surface area contributed by atoms with Crippen molar-refractivity contribution < 1.29 is 4.39 Å². The van der Waals surface area contributed by atoms with Crippen molar-refractivity contribution in [3.63, 3.8) is 0 Å². The fourth-order valence-electron chi connectivity index (χ4n) is 2.16. The van der Waals surface area contributed by atoms with Gasteiger partial charge in [0.2, 0.25) is 0 Å². The normalized spacial score (nSPS) is 11.2. The van der Waals surface area contributed by atoms with E-state index in [-0.39, 0.29) is 5.82 Å². The summed E-state index contributed by atoms with van der Waals surface area (Å²) in [5.41, 5.74) is 2.50. The molecule has 3 rings (SSSR count). The minimum Gasteiger partial charge on any atom is -0.376 e. The zero-order valence-corrected chi connectivity index (χ0v) is 13.5. The topological polar surface area (TPSA) is 29.3 Å². The maximum atomic E-state index is 13.8. The van der Waals surface area contributed by atoms with Gasteiger partial charge in [0.25, 0.3) is 0 Å². The standard InChI is InChI=1S/C14H13BrFN3S/c1-8-7-19-12(9(2)18-14(19)20-8)6-17-13-10(15)4-3-5-11(13)16/h3-5,7,17H,6H2,1-2H3. The van der Waals surface area contributed by atoms with Crippen molar-refractivity contribution in [2.75, 3.05) is 5.32 Å². The van der Waals surface area contributed by atoms with Crippen molar-refractivity contribution in [2.45, 2.75) is 20.4 Å². The number of halogens is 2. The number of nitrogens with one attached hydrogen (secondary N) is 1. The number of hydrogen-bond donors (Lipinski definition) is 1. The number of para-hydroxylation sites is 1. The first-order valence-electron chi connectivity index (χ1n) is 6.18. The number of aryl methyl sites for hydroxylation is 2. The molecule has 0 saturated carbocycles. The summed E-state index contributed by atoms with van der Waals surface area (Å²) < 4.78 is 16.6. The Morgan fingerprint density at radius 3 is 2.95 bits per heavy atom. The average molecular weight is 354 g/mol. The van der Waals surface area contributed by atoms with Crippen molar-refractivity contribution in [1.82, 2.24) is 9.38 Å². The second-order valence-corrected chi connectivity index (χ2v) is 6.66. The summed E-state index contributed by atoms with van der Waals surface area (Å²) in [5.74, 6) is -0.265. The molecule has 6 heteroatoms. The van der Waals surface area contributed by atoms with E-state index in [1.165, 1.54) is 10.9 Å². The maximum Gasteiger partial charge on any atom is 0.194 e. The highest BCUT2D eigenvalue weighted by atomic mass is 79.9. The number of aromatic nitrogens is 2. The molecule has 1 aromatic carbocycles. The van der Waals surface area contributed by atoms with Crippen molar-refractivity contribution in [3.8, 4) is 0 Å². The number of rotatable bonds is 3. The monoisotopic (exact) mass is 353 g/mol. The maximum absolute atomic E-state index is 13.8. The predicted octanol–water partition coefficient (Wildman–Crippen LogP) is 4.53. The van der Waals surface area contributed by atoms with Gasteiger partial charge in [0, 0.05) is 15.5 Å². The molecule has 20 heavy (non-hydrogen) atoms. The van der Waals surface area contributed by atoms with Crippen LogP contribution >= 0.6 is 27.3 Å². The second-order valence-electron chi connectivity index (χ2n) is 4.59. The second kappa shape index (κ2) is 5.18. The lowest BCUT2D eigenvalue weighted by atomic mass is 10.3. The molecule has 0 unspecified atom stereocenters. The van der Waals surface area contributed by atoms with Crippen LogP contribution in [-0.2, 0) is 6.54 Å². The van der Waals surface area contributed by atoms with Crippen LogP contribution in [0.3, 0.4) is 0 Å². The summed E-state index contributed by atoms with van der Waals surface area (Å²) in [6.07, 6.45) is 2.06. The highest BCUT2D eigenvalue weighted by molar-refractivity contribution is 9.10. The molecular weight excluding hydrogens is 341 g/mol. The van der Waals surface area contributed by atoms with Gasteiger partial charge in [0.05, 0.1) is 23.6 Å². The molecule has 0 bridgehead atoms. The lowest BCUT2D eigenvalue weighted by Crippen LogP contribution is -2.05. The van der Waals surface area contributed by atoms with Crippen LogP contribution in [0.25, 0.3) is 4.96 Å². The molecule has 0 amide bonds. The zero-order valence-electron chi connectivity index (χ0n) is 11.1. The number of thiazole rings is 1. The quantitative estimate of drug-likeness (QED) is 0.749. The Morgan fingerprint density at radius 1 is 1.40 bits per heavy atom. The number of benzene rings is 1. The third-order valence-corrected chi connectivity index (χ3v) is 4.70. The molecule has 0 spiro atoms. The van der Waals surface area contributed by atoms with E-state index in [1.807, 2.05) is 13.0 Å². The number of hydrogen-bond acceptors (Lipinski definition) is 3. The average Bonchev–Trinajstić information content (AvgIpc) is 2.85. The van der Waals surface area contributed by atoms with E-state index in [0.717, 1.165) is 20.8 Å². The fraction of sp³-hybridized carbons (Fsp3) is 0.214. The van der Waals surface area contributed by atoms with E-state index in [9.17, 15) is 4.39 Å². The van der Waals surface area contributed by atoms with Gasteiger partial charge in [0.1, 0.15) is 5.82 Å². The van der Waals surface area contributed by atoms with Gasteiger partial charge in [-0.1, -0.05) is 6.07 Å². The third kappa shape index (κ3) is 2.33. The summed E-state index contributed by atoms with van der Waals surface area (Å²) in [7, 11) is 0. The zero-order chi connectivity index (χ0) is 14.3. The number of imidazole rings is 1. The van der Waals surface area contributed by atoms with Crippen molar-refractivity contribution in [2.24, 2.45) is 0 Å². The molecule has 0 aliphatic rings. The molecule has 0 aliphatic heterocycles. The lowest BCUT2D eigenvalue weighted by molar-refractivity contribution is 0.629. The Bertz CT molecular complexity index is 758. The van der Waals surface area contributed by atoms with E-state index < -0.39 is 0 Å². The van der Waals surface area contributed by atoms with Crippen LogP contribution in [0.5, 0.6) is 0 Å². The van der Waals surface area contributed by atoms with Gasteiger partial charge in [-0.2, -0.15) is 0 Å². The third-order valence-electron chi connectivity index (χ3n) is 3.14. The first-order chi connectivity index (χ1) is 9.56. The van der Waals surface area contributed by atoms with Gasteiger partial charge in [-0.3, -0.25) is 4.40 Å². The van der Waals surface area contributed by atoms with E-state index in [0.29, 0.717) is 12.2 Å². The fourth-order valence-corrected chi connectivity index (χ4v) is 3.53. The molecule has 0 radical (unpaired) electrons. The van der Waals surface area contributed by atoms with Crippen LogP contribution in [0, 0.1) is 19.7 Å². The summed E-state index contributed by atoms with van der Waals surface area (Å²) in [4.78, 5) is 6.71. The van der Waals surface area contributed by atoms with Gasteiger partial charge < -0.3 is 5.32 Å². The largest absolute Gasteiger partial charge is 0.376 e. The molecule has 0 atom stereocenters. The Balaban J connectivity index is 1.92. The summed E-state index contributed by atoms with van der Waals surface area (Å²) in [6.45, 7) is 4.56. The van der Waals surface area contributed by atoms with Crippen LogP contribution in [0.1, 0.15) is 16.3 Å². The first kappa shape index (κ1) is 13.6. The molecule has 2 heterocycles. The predicted molar refractivity (Wildman–Crippen MR) is 84.0 cm³/mol. The Hall–Kier alpha value is -1.40. The summed E-state index contributed by atoms with van der Waals surface area (Å²) in [5, 5.41) is 3.15. The van der Waals surface area contributed by atoms with Gasteiger partial charge in [0.15, 0.2) is 4.96 Å². The van der Waals surface area contributed by atoms with Gasteiger partial charge >= 0.3 is 0 Å². The molecule has 0 saturated heterocycles. The SMILES string of the molecule is Cc1cn2c(CNc3c(F)cccc3Br)c(C)nc2s1. The number of anilines is 1. The lowest BCUT2D eigenvalue weighted by Gasteiger charge is -2.09. The molecule has 0 fully saturated rings. The number of nitrogens with zero attached hydrogens (tertiary/aromatic N) is 2. The van der Waals surface area contributed by atoms with Crippen molar-refractivity contribution >= 4 is 37.9 Å². The van der Waals surface area contributed by atoms with E-state index in [2.05, 4.69) is 43.8 Å². The van der Waals surface area contributed by atoms with E-state index in [1.54, 1.807) is 17.4 Å². The highest BCUT2D eigenvalue weighted by Crippen LogP contribution is 2.27. The van der Waals surface area contributed by atoms with Gasteiger partial charge in [-0.15, -0.1) is 11.3 Å². The highest BCUT2D eigenvalue weighted by Gasteiger charge is 2.12. The van der Waals surface area contributed by atoms with Crippen LogP contribution in [0.15, 0.2) is 28.9 Å². The smallest absolute Gasteiger partial charge is 0.194 e. The molecule has 0 aliphatic carbocycles. The summed E-state index contributed by atoms with van der Waals surface area (Å²) in [6, 6.07) is 4.94. The van der Waals surface area contributed by atoms with Gasteiger partial charge in [-0.25, -0.2) is 9.37 Å². The summed E-state index contributed by atoms with van der Waals surface area (Å²) >= 11 is 5.02. The van der Waals surface area contributed by atoms with Crippen LogP contribution in [0.2, 0.25) is 0 Å². The van der Waals surface area contributed by atoms with E-state index >= 15 is 0 Å². The van der Waals surface area contributed by atoms with Gasteiger partial charge in [-0.05, 0) is 41.9 Å². The first-order valence-corrected chi connectivity index (χ1v) is 7.79. The van der Waals surface area contributed by atoms with E-state index in [4.69, 9.17) is 0 Å². The van der Waals surface area contributed by atoms with Crippen LogP contribution in [0.4, 0.5) is 10.1 Å². The Kier molecular flexibility index (Phi) is 3.52. The van der Waals surface area contributed by atoms with Crippen LogP contribution < -0.4 is 5.32 Å². The molecular formula is C14H13BrFN3S. The molecule has 2 aromatic heterocycles. The molecule has 3 nitrogen and oxygen atoms in total.